The van der Waals surface area contributed by atoms with Crippen molar-refractivity contribution in [3.8, 4) is 16.9 Å². The van der Waals surface area contributed by atoms with Crippen molar-refractivity contribution in [1.82, 2.24) is 9.88 Å². The van der Waals surface area contributed by atoms with E-state index >= 15 is 0 Å². The van der Waals surface area contributed by atoms with Gasteiger partial charge in [-0.3, -0.25) is 14.7 Å². The number of fused-ring (bicyclic) bond motifs is 2. The van der Waals surface area contributed by atoms with Crippen LogP contribution < -0.4 is 10.5 Å². The molecule has 0 saturated carbocycles. The number of rotatable bonds is 3. The minimum Gasteiger partial charge on any atom is -0.485 e. The van der Waals surface area contributed by atoms with Gasteiger partial charge >= 0.3 is 0 Å². The maximum atomic E-state index is 13.3. The topological polar surface area (TPSA) is 90.0 Å². The molecule has 3 heterocycles. The van der Waals surface area contributed by atoms with Gasteiger partial charge in [0.15, 0.2) is 11.5 Å². The number of pyridine rings is 1. The van der Waals surface area contributed by atoms with Crippen LogP contribution >= 0.6 is 11.6 Å². The lowest BCUT2D eigenvalue weighted by Gasteiger charge is -2.42. The fraction of sp³-hybridized carbons (Fsp3) is 0.350. The van der Waals surface area contributed by atoms with Crippen molar-refractivity contribution < 1.29 is 14.3 Å². The quantitative estimate of drug-likeness (QED) is 0.855. The van der Waals surface area contributed by atoms with Crippen LogP contribution in [0.25, 0.3) is 11.1 Å². The molecule has 2 atom stereocenters. The van der Waals surface area contributed by atoms with Gasteiger partial charge in [0.1, 0.15) is 11.4 Å². The van der Waals surface area contributed by atoms with E-state index in [1.165, 1.54) is 4.90 Å². The molecule has 0 radical (unpaired) electrons. The Kier molecular flexibility index (Phi) is 4.32. The van der Waals surface area contributed by atoms with Crippen LogP contribution in [0.15, 0.2) is 41.7 Å². The molecule has 146 valence electrons. The molecule has 28 heavy (non-hydrogen) atoms. The number of nitrogens with zero attached hydrogens (tertiary/aromatic N) is 3. The van der Waals surface area contributed by atoms with Crippen LogP contribution in [-0.4, -0.2) is 48.1 Å². The van der Waals surface area contributed by atoms with Crippen LogP contribution in [0.2, 0.25) is 5.02 Å². The summed E-state index contributed by atoms with van der Waals surface area (Å²) in [6.07, 6.45) is 3.62. The van der Waals surface area contributed by atoms with Gasteiger partial charge in [-0.1, -0.05) is 17.7 Å². The maximum absolute atomic E-state index is 13.3. The van der Waals surface area contributed by atoms with E-state index in [4.69, 9.17) is 26.8 Å². The van der Waals surface area contributed by atoms with Gasteiger partial charge < -0.3 is 15.2 Å². The monoisotopic (exact) mass is 400 g/mol. The van der Waals surface area contributed by atoms with E-state index in [1.54, 1.807) is 26.6 Å². The van der Waals surface area contributed by atoms with Gasteiger partial charge in [-0.05, 0) is 30.7 Å². The number of guanidine groups is 1. The Morgan fingerprint density at radius 1 is 1.32 bits per heavy atom. The van der Waals surface area contributed by atoms with E-state index in [0.29, 0.717) is 29.4 Å². The number of halogens is 1. The number of aromatic nitrogens is 1. The van der Waals surface area contributed by atoms with Gasteiger partial charge in [-0.2, -0.15) is 0 Å². The van der Waals surface area contributed by atoms with Crippen LogP contribution in [-0.2, 0) is 15.1 Å². The van der Waals surface area contributed by atoms with Gasteiger partial charge in [-0.25, -0.2) is 4.99 Å². The standard InChI is InChI=1S/C20H21ClN4O3/c1-19(11-27-3)10-20(17(26)25(2)18(22)24-20)15-7-12(4-5-16(15)28-19)13-6-14(21)9-23-8-13/h4-9H,10-11H2,1-3H3,(H2,22,24)/t19-,20?/m0/s1. The first kappa shape index (κ1) is 18.7. The van der Waals surface area contributed by atoms with Crippen molar-refractivity contribution in [3.05, 3.63) is 47.2 Å². The summed E-state index contributed by atoms with van der Waals surface area (Å²) in [5, 5.41) is 0.535. The van der Waals surface area contributed by atoms with Crippen molar-refractivity contribution in [2.75, 3.05) is 20.8 Å². The summed E-state index contributed by atoms with van der Waals surface area (Å²) in [4.78, 5) is 23.4. The fourth-order valence-electron chi connectivity index (χ4n) is 4.01. The van der Waals surface area contributed by atoms with Crippen LogP contribution in [0.5, 0.6) is 5.75 Å². The van der Waals surface area contributed by atoms with E-state index in [1.807, 2.05) is 31.2 Å². The molecule has 2 aliphatic heterocycles. The van der Waals surface area contributed by atoms with Gasteiger partial charge in [0, 0.05) is 44.1 Å². The third kappa shape index (κ3) is 2.82. The molecule has 1 spiro atoms. The van der Waals surface area contributed by atoms with Crippen LogP contribution in [0.4, 0.5) is 0 Å². The summed E-state index contributed by atoms with van der Waals surface area (Å²) in [6.45, 7) is 2.23. The molecule has 0 saturated heterocycles. The van der Waals surface area contributed by atoms with E-state index in [-0.39, 0.29) is 11.9 Å². The molecule has 0 aliphatic carbocycles. The number of hydrogen-bond acceptors (Lipinski definition) is 6. The molecule has 2 N–H and O–H groups in total. The van der Waals surface area contributed by atoms with Crippen molar-refractivity contribution >= 4 is 23.5 Å². The summed E-state index contributed by atoms with van der Waals surface area (Å²) < 4.78 is 11.6. The molecule has 4 rings (SSSR count). The summed E-state index contributed by atoms with van der Waals surface area (Å²) in [5.74, 6) is 0.593. The van der Waals surface area contributed by atoms with E-state index < -0.39 is 11.1 Å². The average molecular weight is 401 g/mol. The Morgan fingerprint density at radius 3 is 2.75 bits per heavy atom. The van der Waals surface area contributed by atoms with E-state index in [2.05, 4.69) is 9.98 Å². The second-order valence-corrected chi connectivity index (χ2v) is 7.90. The van der Waals surface area contributed by atoms with Crippen molar-refractivity contribution in [2.45, 2.75) is 24.5 Å². The molecule has 1 amide bonds. The van der Waals surface area contributed by atoms with Gasteiger partial charge in [0.2, 0.25) is 0 Å². The lowest BCUT2D eigenvalue weighted by molar-refractivity contribution is -0.135. The molecule has 7 nitrogen and oxygen atoms in total. The molecule has 8 heteroatoms. The minimum absolute atomic E-state index is 0.182. The van der Waals surface area contributed by atoms with Crippen LogP contribution in [0.3, 0.4) is 0 Å². The Hall–Kier alpha value is -2.64. The highest BCUT2D eigenvalue weighted by molar-refractivity contribution is 6.30. The highest BCUT2D eigenvalue weighted by Gasteiger charge is 2.56. The number of nitrogens with two attached hydrogens (primary N) is 1. The first-order valence-corrected chi connectivity index (χ1v) is 9.23. The van der Waals surface area contributed by atoms with Gasteiger partial charge in [0.25, 0.3) is 5.91 Å². The normalized spacial score (nSPS) is 26.2. The van der Waals surface area contributed by atoms with Gasteiger partial charge in [-0.15, -0.1) is 0 Å². The molecule has 1 aromatic heterocycles. The number of methoxy groups -OCH3 is 1. The number of hydrogen-bond donors (Lipinski definition) is 1. The first-order valence-electron chi connectivity index (χ1n) is 8.85. The first-order chi connectivity index (χ1) is 13.3. The van der Waals surface area contributed by atoms with Gasteiger partial charge in [0.05, 0.1) is 11.6 Å². The third-order valence-corrected chi connectivity index (χ3v) is 5.41. The predicted molar refractivity (Wildman–Crippen MR) is 106 cm³/mol. The van der Waals surface area contributed by atoms with Crippen molar-refractivity contribution in [3.63, 3.8) is 0 Å². The highest BCUT2D eigenvalue weighted by Crippen LogP contribution is 2.50. The Balaban J connectivity index is 1.91. The van der Waals surface area contributed by atoms with E-state index in [0.717, 1.165) is 11.1 Å². The lowest BCUT2D eigenvalue weighted by Crippen LogP contribution is -2.52. The number of aliphatic imine (C=N–C) groups is 1. The second-order valence-electron chi connectivity index (χ2n) is 7.46. The highest BCUT2D eigenvalue weighted by atomic mass is 35.5. The van der Waals surface area contributed by atoms with Crippen molar-refractivity contribution in [1.29, 1.82) is 0 Å². The summed E-state index contributed by atoms with van der Waals surface area (Å²) in [5.41, 5.74) is 6.53. The number of carbonyl (C=O) groups excluding carboxylic acids is 1. The number of carbonyl (C=O) groups is 1. The predicted octanol–water partition coefficient (Wildman–Crippen LogP) is 2.57. The number of benzene rings is 1. The summed E-state index contributed by atoms with van der Waals surface area (Å²) in [6, 6.07) is 7.48. The molecule has 1 unspecified atom stereocenters. The molecule has 1 aromatic carbocycles. The molecule has 2 aromatic rings. The Labute approximate surface area is 168 Å². The Morgan fingerprint density at radius 2 is 2.11 bits per heavy atom. The maximum Gasteiger partial charge on any atom is 0.261 e. The molecular formula is C20H21ClN4O3. The zero-order chi connectivity index (χ0) is 20.1. The van der Waals surface area contributed by atoms with Crippen LogP contribution in [0.1, 0.15) is 18.9 Å². The van der Waals surface area contributed by atoms with E-state index in [9.17, 15) is 4.79 Å². The second kappa shape index (κ2) is 6.46. The summed E-state index contributed by atoms with van der Waals surface area (Å²) >= 11 is 6.09. The fourth-order valence-corrected chi connectivity index (χ4v) is 4.18. The zero-order valence-electron chi connectivity index (χ0n) is 15.9. The number of amides is 1. The molecule has 0 fully saturated rings. The Bertz CT molecular complexity index is 995. The van der Waals surface area contributed by atoms with Crippen molar-refractivity contribution in [2.24, 2.45) is 10.7 Å². The molecule has 0 bridgehead atoms. The molecular weight excluding hydrogens is 380 g/mol. The number of ether oxygens (including phenoxy) is 2. The largest absolute Gasteiger partial charge is 0.485 e. The minimum atomic E-state index is -1.15. The smallest absolute Gasteiger partial charge is 0.261 e. The average Bonchev–Trinajstić information content (AvgIpc) is 2.85. The lowest BCUT2D eigenvalue weighted by atomic mass is 9.76. The number of likely N-dealkylation sites (N-methyl/N-ethyl adjacent to an activating group) is 1. The third-order valence-electron chi connectivity index (χ3n) is 5.21. The summed E-state index contributed by atoms with van der Waals surface area (Å²) in [7, 11) is 3.23. The SMILES string of the molecule is COC[C@]1(C)CC2(N=C(N)N(C)C2=O)c2cc(-c3cncc(Cl)c3)ccc2O1. The molecule has 2 aliphatic rings. The van der Waals surface area contributed by atoms with Crippen LogP contribution in [0, 0.1) is 0 Å². The zero-order valence-corrected chi connectivity index (χ0v) is 16.7.